The highest BCUT2D eigenvalue weighted by Crippen LogP contribution is 2.40. The number of amides is 1. The largest absolute Gasteiger partial charge is 0.372 e. The molecule has 120 valence electrons. The summed E-state index contributed by atoms with van der Waals surface area (Å²) in [5.41, 5.74) is 1.21. The number of anilines is 1. The number of aromatic nitrogens is 3. The van der Waals surface area contributed by atoms with E-state index in [1.54, 1.807) is 25.5 Å². The van der Waals surface area contributed by atoms with Crippen LogP contribution in [0.25, 0.3) is 0 Å². The van der Waals surface area contributed by atoms with Gasteiger partial charge in [0.15, 0.2) is 5.69 Å². The second kappa shape index (κ2) is 5.64. The maximum Gasteiger partial charge on any atom is 0.276 e. The van der Waals surface area contributed by atoms with Gasteiger partial charge in [0, 0.05) is 25.6 Å². The zero-order valence-electron chi connectivity index (χ0n) is 13.0. The van der Waals surface area contributed by atoms with Crippen LogP contribution < -0.4 is 5.32 Å². The highest BCUT2D eigenvalue weighted by atomic mass is 16.5. The molecule has 2 aliphatic rings. The van der Waals surface area contributed by atoms with Gasteiger partial charge >= 0.3 is 0 Å². The van der Waals surface area contributed by atoms with Gasteiger partial charge in [0.05, 0.1) is 24.1 Å². The fourth-order valence-electron chi connectivity index (χ4n) is 3.08. The van der Waals surface area contributed by atoms with Crippen molar-refractivity contribution in [2.75, 3.05) is 18.9 Å². The smallest absolute Gasteiger partial charge is 0.276 e. The number of nitrogens with one attached hydrogen (secondary N) is 1. The third kappa shape index (κ3) is 2.67. The first-order valence-electron chi connectivity index (χ1n) is 8.03. The van der Waals surface area contributed by atoms with E-state index in [9.17, 15) is 4.79 Å². The molecule has 1 aliphatic heterocycles. The van der Waals surface area contributed by atoms with Gasteiger partial charge in [0.25, 0.3) is 5.91 Å². The molecule has 2 aromatic heterocycles. The predicted octanol–water partition coefficient (Wildman–Crippen LogP) is 2.36. The van der Waals surface area contributed by atoms with E-state index in [4.69, 9.17) is 4.52 Å². The molecule has 1 atom stereocenters. The third-order valence-corrected chi connectivity index (χ3v) is 4.49. The van der Waals surface area contributed by atoms with E-state index in [0.29, 0.717) is 24.0 Å². The summed E-state index contributed by atoms with van der Waals surface area (Å²) in [6, 6.07) is 1.75. The molecule has 0 bridgehead atoms. The zero-order chi connectivity index (χ0) is 15.8. The Bertz CT molecular complexity index is 725. The van der Waals surface area contributed by atoms with Crippen molar-refractivity contribution in [2.45, 2.75) is 37.6 Å². The van der Waals surface area contributed by atoms with Gasteiger partial charge < -0.3 is 14.7 Å². The molecule has 0 radical (unpaired) electrons. The molecule has 4 rings (SSSR count). The van der Waals surface area contributed by atoms with Gasteiger partial charge in [-0.2, -0.15) is 0 Å². The van der Waals surface area contributed by atoms with Gasteiger partial charge in [-0.1, -0.05) is 5.16 Å². The standard InChI is InChI=1S/C16H19N5O2/c1-17-15-9-18-8-12(19-15)13-3-2-6-21(13)16(22)11-7-14(23-20-11)10-4-5-10/h7-10,13H,2-6H2,1H3,(H,17,19)/t13-/m0/s1. The summed E-state index contributed by atoms with van der Waals surface area (Å²) in [7, 11) is 1.81. The first kappa shape index (κ1) is 14.2. The predicted molar refractivity (Wildman–Crippen MR) is 83.1 cm³/mol. The summed E-state index contributed by atoms with van der Waals surface area (Å²) >= 11 is 0. The summed E-state index contributed by atoms with van der Waals surface area (Å²) in [5, 5.41) is 6.95. The molecule has 1 amide bonds. The number of hydrogen-bond donors (Lipinski definition) is 1. The molecule has 7 nitrogen and oxygen atoms in total. The lowest BCUT2D eigenvalue weighted by Gasteiger charge is -2.23. The molecule has 0 aromatic carbocycles. The summed E-state index contributed by atoms with van der Waals surface area (Å²) in [5.74, 6) is 1.91. The Labute approximate surface area is 134 Å². The maximum atomic E-state index is 12.8. The first-order chi connectivity index (χ1) is 11.3. The van der Waals surface area contributed by atoms with Crippen LogP contribution in [0.2, 0.25) is 0 Å². The molecule has 0 unspecified atom stereocenters. The van der Waals surface area contributed by atoms with Gasteiger partial charge in [-0.3, -0.25) is 9.78 Å². The van der Waals surface area contributed by atoms with E-state index in [1.807, 2.05) is 4.90 Å². The lowest BCUT2D eigenvalue weighted by atomic mass is 10.1. The van der Waals surface area contributed by atoms with Crippen LogP contribution in [0, 0.1) is 0 Å². The topological polar surface area (TPSA) is 84.2 Å². The number of likely N-dealkylation sites (tertiary alicyclic amines) is 1. The molecule has 0 spiro atoms. The second-order valence-electron chi connectivity index (χ2n) is 6.12. The van der Waals surface area contributed by atoms with Crippen LogP contribution in [-0.2, 0) is 0 Å². The second-order valence-corrected chi connectivity index (χ2v) is 6.12. The summed E-state index contributed by atoms with van der Waals surface area (Å²) in [6.07, 6.45) is 7.50. The fraction of sp³-hybridized carbons (Fsp3) is 0.500. The van der Waals surface area contributed by atoms with Gasteiger partial charge in [0.1, 0.15) is 11.6 Å². The Balaban J connectivity index is 1.57. The molecular formula is C16H19N5O2. The number of carbonyl (C=O) groups is 1. The van der Waals surface area contributed by atoms with Gasteiger partial charge in [-0.15, -0.1) is 0 Å². The first-order valence-corrected chi connectivity index (χ1v) is 8.03. The van der Waals surface area contributed by atoms with Gasteiger partial charge in [0.2, 0.25) is 0 Å². The molecule has 1 saturated heterocycles. The number of carbonyl (C=O) groups excluding carboxylic acids is 1. The molecule has 1 saturated carbocycles. The van der Waals surface area contributed by atoms with Gasteiger partial charge in [-0.05, 0) is 25.7 Å². The number of hydrogen-bond acceptors (Lipinski definition) is 6. The quantitative estimate of drug-likeness (QED) is 0.933. The van der Waals surface area contributed by atoms with Crippen molar-refractivity contribution in [1.82, 2.24) is 20.0 Å². The van der Waals surface area contributed by atoms with Crippen molar-refractivity contribution in [2.24, 2.45) is 0 Å². The molecule has 23 heavy (non-hydrogen) atoms. The number of rotatable bonds is 4. The van der Waals surface area contributed by atoms with Crippen LogP contribution in [0.4, 0.5) is 5.82 Å². The number of nitrogens with zero attached hydrogens (tertiary/aromatic N) is 4. The minimum atomic E-state index is -0.0835. The van der Waals surface area contributed by atoms with Crippen molar-refractivity contribution in [3.63, 3.8) is 0 Å². The molecule has 7 heteroatoms. The Morgan fingerprint density at radius 1 is 1.35 bits per heavy atom. The van der Waals surface area contributed by atoms with E-state index in [-0.39, 0.29) is 11.9 Å². The van der Waals surface area contributed by atoms with Crippen molar-refractivity contribution >= 4 is 11.7 Å². The van der Waals surface area contributed by atoms with Crippen LogP contribution in [0.3, 0.4) is 0 Å². The fourth-order valence-corrected chi connectivity index (χ4v) is 3.08. The Hall–Kier alpha value is -2.44. The lowest BCUT2D eigenvalue weighted by molar-refractivity contribution is 0.0722. The van der Waals surface area contributed by atoms with Crippen molar-refractivity contribution in [3.05, 3.63) is 35.6 Å². The molecule has 2 aromatic rings. The summed E-state index contributed by atoms with van der Waals surface area (Å²) < 4.78 is 5.31. The SMILES string of the molecule is CNc1cncc([C@@H]2CCCN2C(=O)c2cc(C3CC3)on2)n1. The van der Waals surface area contributed by atoms with E-state index in [0.717, 1.165) is 37.1 Å². The van der Waals surface area contributed by atoms with Crippen molar-refractivity contribution in [3.8, 4) is 0 Å². The molecule has 3 heterocycles. The molecular weight excluding hydrogens is 294 g/mol. The van der Waals surface area contributed by atoms with Crippen molar-refractivity contribution in [1.29, 1.82) is 0 Å². The van der Waals surface area contributed by atoms with Crippen molar-refractivity contribution < 1.29 is 9.32 Å². The zero-order valence-corrected chi connectivity index (χ0v) is 13.0. The van der Waals surface area contributed by atoms with Crippen LogP contribution >= 0.6 is 0 Å². The lowest BCUT2D eigenvalue weighted by Crippen LogP contribution is -2.31. The van der Waals surface area contributed by atoms with Crippen LogP contribution in [-0.4, -0.2) is 39.5 Å². The van der Waals surface area contributed by atoms with Crippen LogP contribution in [0.1, 0.15) is 59.6 Å². The van der Waals surface area contributed by atoms with E-state index in [1.165, 1.54) is 0 Å². The average Bonchev–Trinajstić information content (AvgIpc) is 3.14. The minimum Gasteiger partial charge on any atom is -0.372 e. The van der Waals surface area contributed by atoms with Gasteiger partial charge in [-0.25, -0.2) is 4.98 Å². The van der Waals surface area contributed by atoms with E-state index < -0.39 is 0 Å². The maximum absolute atomic E-state index is 12.8. The van der Waals surface area contributed by atoms with Crippen LogP contribution in [0.15, 0.2) is 23.0 Å². The Morgan fingerprint density at radius 2 is 2.22 bits per heavy atom. The summed E-state index contributed by atoms with van der Waals surface area (Å²) in [6.45, 7) is 0.709. The Morgan fingerprint density at radius 3 is 3.00 bits per heavy atom. The van der Waals surface area contributed by atoms with E-state index in [2.05, 4.69) is 20.4 Å². The normalized spacial score (nSPS) is 20.7. The monoisotopic (exact) mass is 313 g/mol. The van der Waals surface area contributed by atoms with E-state index >= 15 is 0 Å². The highest BCUT2D eigenvalue weighted by molar-refractivity contribution is 5.92. The summed E-state index contributed by atoms with van der Waals surface area (Å²) in [4.78, 5) is 23.3. The minimum absolute atomic E-state index is 0.0515. The average molecular weight is 313 g/mol. The van der Waals surface area contributed by atoms with Crippen LogP contribution in [0.5, 0.6) is 0 Å². The third-order valence-electron chi connectivity index (χ3n) is 4.49. The Kier molecular flexibility index (Phi) is 3.48. The molecule has 1 N–H and O–H groups in total. The molecule has 2 fully saturated rings. The molecule has 1 aliphatic carbocycles. The highest BCUT2D eigenvalue weighted by Gasteiger charge is 2.35.